The zero-order valence-electron chi connectivity index (χ0n) is 15.3. The standard InChI is InChI=1S/C19H26FN3O3/c1-15(19(25)21-10-4-3-5-18(24)26-2)22-11-13-23(14-12-22)17-8-6-16(20)7-9-17/h3,5-9,15H,4,10-14H2,1-2H3,(H,21,25)/b5-3+. The molecule has 6 nitrogen and oxygen atoms in total. The van der Waals surface area contributed by atoms with Crippen molar-refractivity contribution in [2.45, 2.75) is 19.4 Å². The van der Waals surface area contributed by atoms with Gasteiger partial charge in [-0.2, -0.15) is 0 Å². The summed E-state index contributed by atoms with van der Waals surface area (Å²) in [4.78, 5) is 27.5. The van der Waals surface area contributed by atoms with Crippen LogP contribution in [0.2, 0.25) is 0 Å². The van der Waals surface area contributed by atoms with Gasteiger partial charge < -0.3 is 15.0 Å². The Bertz CT molecular complexity index is 625. The van der Waals surface area contributed by atoms with Crippen molar-refractivity contribution in [1.29, 1.82) is 0 Å². The molecule has 7 heteroatoms. The van der Waals surface area contributed by atoms with Crippen molar-refractivity contribution >= 4 is 17.6 Å². The van der Waals surface area contributed by atoms with Gasteiger partial charge in [0.1, 0.15) is 5.82 Å². The third-order valence-corrected chi connectivity index (χ3v) is 4.50. The fraction of sp³-hybridized carbons (Fsp3) is 0.474. The summed E-state index contributed by atoms with van der Waals surface area (Å²) in [6.45, 7) is 5.51. The minimum absolute atomic E-state index is 0.0216. The molecule has 26 heavy (non-hydrogen) atoms. The number of hydrogen-bond donors (Lipinski definition) is 1. The van der Waals surface area contributed by atoms with Gasteiger partial charge in [0.15, 0.2) is 0 Å². The van der Waals surface area contributed by atoms with Crippen LogP contribution in [-0.4, -0.2) is 62.7 Å². The Morgan fingerprint density at radius 1 is 1.23 bits per heavy atom. The van der Waals surface area contributed by atoms with Crippen LogP contribution in [-0.2, 0) is 14.3 Å². The third-order valence-electron chi connectivity index (χ3n) is 4.50. The number of ether oxygens (including phenoxy) is 1. The van der Waals surface area contributed by atoms with Crippen molar-refractivity contribution in [2.75, 3.05) is 44.7 Å². The molecule has 142 valence electrons. The van der Waals surface area contributed by atoms with E-state index in [2.05, 4.69) is 19.9 Å². The molecule has 0 spiro atoms. The molecule has 1 unspecified atom stereocenters. The zero-order chi connectivity index (χ0) is 18.9. The molecular weight excluding hydrogens is 337 g/mol. The number of piperazine rings is 1. The van der Waals surface area contributed by atoms with Gasteiger partial charge in [-0.1, -0.05) is 6.08 Å². The van der Waals surface area contributed by atoms with Gasteiger partial charge >= 0.3 is 5.97 Å². The summed E-state index contributed by atoms with van der Waals surface area (Å²) < 4.78 is 17.5. The number of methoxy groups -OCH3 is 1. The first-order valence-corrected chi connectivity index (χ1v) is 8.78. The van der Waals surface area contributed by atoms with E-state index in [1.807, 2.05) is 6.92 Å². The Morgan fingerprint density at radius 3 is 2.50 bits per heavy atom. The molecule has 1 heterocycles. The molecule has 0 radical (unpaired) electrons. The lowest BCUT2D eigenvalue weighted by molar-refractivity contribution is -0.134. The second-order valence-electron chi connectivity index (χ2n) is 6.18. The van der Waals surface area contributed by atoms with Crippen LogP contribution in [0.25, 0.3) is 0 Å². The summed E-state index contributed by atoms with van der Waals surface area (Å²) in [6, 6.07) is 6.28. The van der Waals surface area contributed by atoms with Gasteiger partial charge in [-0.25, -0.2) is 9.18 Å². The molecule has 1 amide bonds. The van der Waals surface area contributed by atoms with Gasteiger partial charge in [0.25, 0.3) is 0 Å². The summed E-state index contributed by atoms with van der Waals surface area (Å²) in [7, 11) is 1.33. The molecule has 1 aromatic rings. The SMILES string of the molecule is COC(=O)/C=C/CCNC(=O)C(C)N1CCN(c2ccc(F)cc2)CC1. The van der Waals surface area contributed by atoms with E-state index >= 15 is 0 Å². The largest absolute Gasteiger partial charge is 0.466 e. The number of hydrogen-bond acceptors (Lipinski definition) is 5. The van der Waals surface area contributed by atoms with Crippen molar-refractivity contribution < 1.29 is 18.7 Å². The summed E-state index contributed by atoms with van der Waals surface area (Å²) in [5.74, 6) is -0.658. The Balaban J connectivity index is 1.72. The minimum atomic E-state index is -0.399. The van der Waals surface area contributed by atoms with E-state index in [1.54, 1.807) is 18.2 Å². The van der Waals surface area contributed by atoms with Crippen LogP contribution in [0, 0.1) is 5.82 Å². The molecule has 0 aromatic heterocycles. The molecule has 1 aromatic carbocycles. The van der Waals surface area contributed by atoms with E-state index < -0.39 is 5.97 Å². The van der Waals surface area contributed by atoms with Gasteiger partial charge in [-0.15, -0.1) is 0 Å². The van der Waals surface area contributed by atoms with Gasteiger partial charge in [0.05, 0.1) is 13.2 Å². The number of carbonyl (C=O) groups excluding carboxylic acids is 2. The lowest BCUT2D eigenvalue weighted by atomic mass is 10.2. The highest BCUT2D eigenvalue weighted by molar-refractivity contribution is 5.82. The minimum Gasteiger partial charge on any atom is -0.466 e. The van der Waals surface area contributed by atoms with Crippen molar-refractivity contribution in [2.24, 2.45) is 0 Å². The molecule has 1 fully saturated rings. The number of benzene rings is 1. The monoisotopic (exact) mass is 363 g/mol. The first-order chi connectivity index (χ1) is 12.5. The predicted molar refractivity (Wildman–Crippen MR) is 98.4 cm³/mol. The molecule has 1 N–H and O–H groups in total. The van der Waals surface area contributed by atoms with Crippen LogP contribution >= 0.6 is 0 Å². The average molecular weight is 363 g/mol. The molecule has 2 rings (SSSR count). The summed E-state index contributed by atoms with van der Waals surface area (Å²) in [6.07, 6.45) is 3.61. The van der Waals surface area contributed by atoms with Crippen molar-refractivity contribution in [3.05, 3.63) is 42.2 Å². The Kier molecular flexibility index (Phi) is 7.59. The highest BCUT2D eigenvalue weighted by atomic mass is 19.1. The van der Waals surface area contributed by atoms with Gasteiger partial charge in [-0.3, -0.25) is 9.69 Å². The van der Waals surface area contributed by atoms with Crippen molar-refractivity contribution in [1.82, 2.24) is 10.2 Å². The van der Waals surface area contributed by atoms with E-state index in [1.165, 1.54) is 25.3 Å². The number of nitrogens with zero attached hydrogens (tertiary/aromatic N) is 2. The molecule has 1 aliphatic heterocycles. The molecule has 0 bridgehead atoms. The van der Waals surface area contributed by atoms with Crippen LogP contribution in [0.5, 0.6) is 0 Å². The lowest BCUT2D eigenvalue weighted by Gasteiger charge is -2.38. The quantitative estimate of drug-likeness (QED) is 0.453. The molecule has 0 aliphatic carbocycles. The fourth-order valence-electron chi connectivity index (χ4n) is 2.86. The van der Waals surface area contributed by atoms with E-state index in [0.29, 0.717) is 13.0 Å². The van der Waals surface area contributed by atoms with Gasteiger partial charge in [0.2, 0.25) is 5.91 Å². The van der Waals surface area contributed by atoms with E-state index in [-0.39, 0.29) is 17.8 Å². The summed E-state index contributed by atoms with van der Waals surface area (Å²) in [5, 5.41) is 2.88. The Labute approximate surface area is 153 Å². The highest BCUT2D eigenvalue weighted by Crippen LogP contribution is 2.17. The lowest BCUT2D eigenvalue weighted by Crippen LogP contribution is -2.54. The molecular formula is C19H26FN3O3. The van der Waals surface area contributed by atoms with Crippen LogP contribution in [0.4, 0.5) is 10.1 Å². The number of nitrogens with one attached hydrogen (secondary N) is 1. The van der Waals surface area contributed by atoms with Crippen LogP contribution < -0.4 is 10.2 Å². The third kappa shape index (κ3) is 5.84. The molecule has 1 saturated heterocycles. The predicted octanol–water partition coefficient (Wildman–Crippen LogP) is 1.57. The number of anilines is 1. The Hall–Kier alpha value is -2.41. The van der Waals surface area contributed by atoms with Crippen molar-refractivity contribution in [3.8, 4) is 0 Å². The number of esters is 1. The Morgan fingerprint density at radius 2 is 1.88 bits per heavy atom. The maximum absolute atomic E-state index is 13.0. The second kappa shape index (κ2) is 9.91. The maximum Gasteiger partial charge on any atom is 0.330 e. The van der Waals surface area contributed by atoms with Crippen molar-refractivity contribution in [3.63, 3.8) is 0 Å². The summed E-state index contributed by atoms with van der Waals surface area (Å²) in [5.41, 5.74) is 1.00. The normalized spacial score (nSPS) is 16.5. The van der Waals surface area contributed by atoms with Gasteiger partial charge in [0, 0.05) is 44.5 Å². The zero-order valence-corrected chi connectivity index (χ0v) is 15.3. The smallest absolute Gasteiger partial charge is 0.330 e. The number of amides is 1. The van der Waals surface area contributed by atoms with E-state index in [0.717, 1.165) is 31.9 Å². The topological polar surface area (TPSA) is 61.9 Å². The molecule has 1 atom stereocenters. The first kappa shape index (κ1) is 19.9. The molecule has 0 saturated carbocycles. The average Bonchev–Trinajstić information content (AvgIpc) is 2.67. The van der Waals surface area contributed by atoms with Crippen LogP contribution in [0.15, 0.2) is 36.4 Å². The highest BCUT2D eigenvalue weighted by Gasteiger charge is 2.25. The number of rotatable bonds is 7. The van der Waals surface area contributed by atoms with Crippen LogP contribution in [0.1, 0.15) is 13.3 Å². The summed E-state index contributed by atoms with van der Waals surface area (Å²) >= 11 is 0. The maximum atomic E-state index is 13.0. The number of carbonyl (C=O) groups is 2. The molecule has 1 aliphatic rings. The van der Waals surface area contributed by atoms with Gasteiger partial charge in [-0.05, 0) is 37.6 Å². The second-order valence-corrected chi connectivity index (χ2v) is 6.18. The fourth-order valence-corrected chi connectivity index (χ4v) is 2.86. The first-order valence-electron chi connectivity index (χ1n) is 8.78. The van der Waals surface area contributed by atoms with E-state index in [9.17, 15) is 14.0 Å². The van der Waals surface area contributed by atoms with Crippen LogP contribution in [0.3, 0.4) is 0 Å². The number of halogens is 1. The van der Waals surface area contributed by atoms with E-state index in [4.69, 9.17) is 0 Å².